The van der Waals surface area contributed by atoms with Crippen LogP contribution in [0.5, 0.6) is 0 Å². The molecule has 132 valence electrons. The van der Waals surface area contributed by atoms with E-state index in [2.05, 4.69) is 22.3 Å². The number of nitrogens with zero attached hydrogens (tertiary/aromatic N) is 1. The quantitative estimate of drug-likeness (QED) is 0.885. The summed E-state index contributed by atoms with van der Waals surface area (Å²) in [5, 5.41) is 4.75. The minimum atomic E-state index is 0.425. The average Bonchev–Trinajstić information content (AvgIpc) is 3.03. The minimum Gasteiger partial charge on any atom is -0.384 e. The third kappa shape index (κ3) is 3.17. The molecule has 4 rings (SSSR count). The SMILES string of the molecule is COC[C@H]1[C@@H](NC2CCN(c3cccc(Cl)c3)CC2)[C@H]2CCO[C@H]21. The van der Waals surface area contributed by atoms with Crippen molar-refractivity contribution in [2.45, 2.75) is 37.5 Å². The molecule has 3 aliphatic rings. The van der Waals surface area contributed by atoms with E-state index in [0.717, 1.165) is 31.3 Å². The van der Waals surface area contributed by atoms with Crippen LogP contribution < -0.4 is 10.2 Å². The van der Waals surface area contributed by atoms with Crippen molar-refractivity contribution < 1.29 is 9.47 Å². The van der Waals surface area contributed by atoms with E-state index in [1.54, 1.807) is 7.11 Å². The summed E-state index contributed by atoms with van der Waals surface area (Å²) in [6.45, 7) is 3.90. The summed E-state index contributed by atoms with van der Waals surface area (Å²) in [4.78, 5) is 2.44. The van der Waals surface area contributed by atoms with Crippen molar-refractivity contribution in [3.63, 3.8) is 0 Å². The fraction of sp³-hybridized carbons (Fsp3) is 0.684. The van der Waals surface area contributed by atoms with Crippen molar-refractivity contribution in [2.75, 3.05) is 38.3 Å². The molecule has 1 N–H and O–H groups in total. The number of benzene rings is 1. The Kier molecular flexibility index (Phi) is 5.00. The van der Waals surface area contributed by atoms with Crippen molar-refractivity contribution in [2.24, 2.45) is 11.8 Å². The van der Waals surface area contributed by atoms with Crippen LogP contribution in [0.1, 0.15) is 19.3 Å². The second-order valence-electron chi connectivity index (χ2n) is 7.34. The first kappa shape index (κ1) is 16.6. The normalized spacial score (nSPS) is 33.3. The maximum atomic E-state index is 6.12. The molecule has 4 nitrogen and oxygen atoms in total. The van der Waals surface area contributed by atoms with Gasteiger partial charge in [-0.15, -0.1) is 0 Å². The highest BCUT2D eigenvalue weighted by Crippen LogP contribution is 2.44. The van der Waals surface area contributed by atoms with Gasteiger partial charge in [-0.1, -0.05) is 17.7 Å². The Bertz CT molecular complexity index is 562. The van der Waals surface area contributed by atoms with Crippen LogP contribution in [0.2, 0.25) is 5.02 Å². The monoisotopic (exact) mass is 350 g/mol. The molecule has 1 aromatic rings. The molecule has 0 spiro atoms. The zero-order valence-corrected chi connectivity index (χ0v) is 15.0. The van der Waals surface area contributed by atoms with Gasteiger partial charge in [-0.25, -0.2) is 0 Å². The van der Waals surface area contributed by atoms with Gasteiger partial charge in [0.1, 0.15) is 0 Å². The third-order valence-corrected chi connectivity index (χ3v) is 6.22. The number of piperidine rings is 1. The zero-order chi connectivity index (χ0) is 16.5. The number of ether oxygens (including phenoxy) is 2. The van der Waals surface area contributed by atoms with Crippen molar-refractivity contribution in [3.8, 4) is 0 Å². The number of fused-ring (bicyclic) bond motifs is 1. The largest absolute Gasteiger partial charge is 0.384 e. The number of rotatable bonds is 5. The van der Waals surface area contributed by atoms with Gasteiger partial charge < -0.3 is 19.7 Å². The van der Waals surface area contributed by atoms with Crippen LogP contribution in [0, 0.1) is 11.8 Å². The highest BCUT2D eigenvalue weighted by molar-refractivity contribution is 6.30. The van der Waals surface area contributed by atoms with Crippen LogP contribution >= 0.6 is 11.6 Å². The van der Waals surface area contributed by atoms with E-state index in [4.69, 9.17) is 21.1 Å². The predicted octanol–water partition coefficient (Wildman–Crippen LogP) is 2.95. The molecule has 2 saturated heterocycles. The Hall–Kier alpha value is -0.810. The number of methoxy groups -OCH3 is 1. The summed E-state index contributed by atoms with van der Waals surface area (Å²) < 4.78 is 11.3. The van der Waals surface area contributed by atoms with E-state index < -0.39 is 0 Å². The Morgan fingerprint density at radius 3 is 2.88 bits per heavy atom. The molecule has 0 amide bonds. The molecule has 4 atom stereocenters. The van der Waals surface area contributed by atoms with Gasteiger partial charge in [0.2, 0.25) is 0 Å². The summed E-state index contributed by atoms with van der Waals surface area (Å²) in [6, 6.07) is 9.36. The second-order valence-corrected chi connectivity index (χ2v) is 7.78. The maximum Gasteiger partial charge on any atom is 0.0684 e. The predicted molar refractivity (Wildman–Crippen MR) is 96.8 cm³/mol. The molecule has 3 fully saturated rings. The molecule has 0 bridgehead atoms. The summed E-state index contributed by atoms with van der Waals surface area (Å²) in [6.07, 6.45) is 3.99. The topological polar surface area (TPSA) is 33.7 Å². The molecule has 1 saturated carbocycles. The zero-order valence-electron chi connectivity index (χ0n) is 14.3. The van der Waals surface area contributed by atoms with Gasteiger partial charge in [-0.2, -0.15) is 0 Å². The third-order valence-electron chi connectivity index (χ3n) is 5.98. The summed E-state index contributed by atoms with van der Waals surface area (Å²) >= 11 is 6.12. The smallest absolute Gasteiger partial charge is 0.0684 e. The van der Waals surface area contributed by atoms with Crippen LogP contribution in [0.25, 0.3) is 0 Å². The fourth-order valence-corrected chi connectivity index (χ4v) is 4.90. The Labute approximate surface area is 149 Å². The van der Waals surface area contributed by atoms with Gasteiger partial charge in [-0.05, 0) is 37.5 Å². The molecule has 5 heteroatoms. The first-order valence-corrected chi connectivity index (χ1v) is 9.51. The summed E-state index contributed by atoms with van der Waals surface area (Å²) in [5.41, 5.74) is 1.24. The number of hydrogen-bond donors (Lipinski definition) is 1. The van der Waals surface area contributed by atoms with Crippen LogP contribution in [0.4, 0.5) is 5.69 Å². The second kappa shape index (κ2) is 7.20. The van der Waals surface area contributed by atoms with Gasteiger partial charge >= 0.3 is 0 Å². The van der Waals surface area contributed by atoms with Crippen molar-refractivity contribution >= 4 is 17.3 Å². The lowest BCUT2D eigenvalue weighted by Crippen LogP contribution is -2.64. The van der Waals surface area contributed by atoms with Crippen molar-refractivity contribution in [3.05, 3.63) is 29.3 Å². The van der Waals surface area contributed by atoms with Crippen molar-refractivity contribution in [1.82, 2.24) is 5.32 Å². The molecule has 24 heavy (non-hydrogen) atoms. The molecule has 2 heterocycles. The maximum absolute atomic E-state index is 6.12. The molecule has 2 aliphatic heterocycles. The molecular weight excluding hydrogens is 324 g/mol. The fourth-order valence-electron chi connectivity index (χ4n) is 4.72. The molecule has 1 aliphatic carbocycles. The standard InChI is InChI=1S/C19H27ClN2O2/c1-23-12-17-18(16-7-10-24-19(16)17)21-14-5-8-22(9-6-14)15-4-2-3-13(20)11-15/h2-4,11,14,16-19,21H,5-10,12H2,1H3/t16-,17+,18+,19-/m1/s1. The summed E-state index contributed by atoms with van der Waals surface area (Å²) in [5.74, 6) is 1.21. The Morgan fingerprint density at radius 2 is 2.12 bits per heavy atom. The number of nitrogens with one attached hydrogen (secondary N) is 1. The number of hydrogen-bond acceptors (Lipinski definition) is 4. The highest BCUT2D eigenvalue weighted by atomic mass is 35.5. The van der Waals surface area contributed by atoms with Crippen molar-refractivity contribution in [1.29, 1.82) is 0 Å². The van der Waals surface area contributed by atoms with E-state index in [9.17, 15) is 0 Å². The van der Waals surface area contributed by atoms with Crippen LogP contribution in [-0.2, 0) is 9.47 Å². The van der Waals surface area contributed by atoms with E-state index in [1.165, 1.54) is 24.9 Å². The van der Waals surface area contributed by atoms with Crippen LogP contribution in [0.15, 0.2) is 24.3 Å². The molecule has 0 radical (unpaired) electrons. The minimum absolute atomic E-state index is 0.425. The van der Waals surface area contributed by atoms with E-state index in [0.29, 0.717) is 30.0 Å². The summed E-state index contributed by atoms with van der Waals surface area (Å²) in [7, 11) is 1.79. The number of anilines is 1. The van der Waals surface area contributed by atoms with Gasteiger partial charge in [0.15, 0.2) is 0 Å². The van der Waals surface area contributed by atoms with Gasteiger partial charge in [0.05, 0.1) is 12.7 Å². The lowest BCUT2D eigenvalue weighted by atomic mass is 9.66. The lowest BCUT2D eigenvalue weighted by Gasteiger charge is -2.50. The lowest BCUT2D eigenvalue weighted by molar-refractivity contribution is -0.0873. The molecule has 0 aromatic heterocycles. The van der Waals surface area contributed by atoms with Crippen LogP contribution in [-0.4, -0.2) is 51.6 Å². The molecule has 0 unspecified atom stereocenters. The average molecular weight is 351 g/mol. The first-order valence-electron chi connectivity index (χ1n) is 9.13. The number of halogens is 1. The van der Waals surface area contributed by atoms with E-state index >= 15 is 0 Å². The first-order chi connectivity index (χ1) is 11.8. The van der Waals surface area contributed by atoms with E-state index in [1.807, 2.05) is 12.1 Å². The molecule has 1 aromatic carbocycles. The Morgan fingerprint density at radius 1 is 1.29 bits per heavy atom. The van der Waals surface area contributed by atoms with Crippen LogP contribution in [0.3, 0.4) is 0 Å². The molecular formula is C19H27ClN2O2. The van der Waals surface area contributed by atoms with E-state index in [-0.39, 0.29) is 0 Å². The van der Waals surface area contributed by atoms with Gasteiger partial charge in [-0.3, -0.25) is 0 Å². The highest BCUT2D eigenvalue weighted by Gasteiger charge is 2.53. The van der Waals surface area contributed by atoms with Gasteiger partial charge in [0.25, 0.3) is 0 Å². The Balaban J connectivity index is 1.31. The van der Waals surface area contributed by atoms with Gasteiger partial charge in [0, 0.05) is 61.4 Å².